The van der Waals surface area contributed by atoms with Crippen molar-refractivity contribution in [3.63, 3.8) is 0 Å². The van der Waals surface area contributed by atoms with E-state index in [1.54, 1.807) is 44.4 Å². The highest BCUT2D eigenvalue weighted by molar-refractivity contribution is 6.07. The van der Waals surface area contributed by atoms with Crippen LogP contribution < -0.4 is 10.1 Å². The monoisotopic (exact) mass is 341 g/mol. The highest BCUT2D eigenvalue weighted by atomic mass is 19.1. The molecular formula is C18H16FN3O3. The summed E-state index contributed by atoms with van der Waals surface area (Å²) in [5.41, 5.74) is -0.184. The van der Waals surface area contributed by atoms with Crippen molar-refractivity contribution in [2.75, 3.05) is 7.11 Å². The zero-order valence-electron chi connectivity index (χ0n) is 13.7. The number of amides is 3. The van der Waals surface area contributed by atoms with Crippen LogP contribution in [0.15, 0.2) is 53.6 Å². The number of hydrogen-bond donors (Lipinski definition) is 1. The maximum Gasteiger partial charge on any atom is 0.346 e. The molecule has 1 aliphatic rings. The van der Waals surface area contributed by atoms with E-state index in [1.165, 1.54) is 24.4 Å². The van der Waals surface area contributed by atoms with Gasteiger partial charge in [-0.15, -0.1) is 5.01 Å². The Labute approximate surface area is 143 Å². The first-order valence-corrected chi connectivity index (χ1v) is 7.55. The van der Waals surface area contributed by atoms with Gasteiger partial charge < -0.3 is 10.1 Å². The highest BCUT2D eigenvalue weighted by Crippen LogP contribution is 2.30. The molecule has 2 aromatic rings. The lowest BCUT2D eigenvalue weighted by atomic mass is 9.92. The average molecular weight is 341 g/mol. The molecule has 6 nitrogen and oxygen atoms in total. The minimum absolute atomic E-state index is 0.427. The molecule has 0 unspecified atom stereocenters. The molecule has 1 saturated heterocycles. The van der Waals surface area contributed by atoms with Crippen LogP contribution in [-0.4, -0.2) is 30.3 Å². The SMILES string of the molecule is COc1ccc([C@]2(C)NC(=O)N(/N=C\c3cccc(F)c3)C2=O)cc1. The number of carbonyl (C=O) groups is 2. The van der Waals surface area contributed by atoms with Crippen molar-refractivity contribution in [2.45, 2.75) is 12.5 Å². The summed E-state index contributed by atoms with van der Waals surface area (Å²) >= 11 is 0. The van der Waals surface area contributed by atoms with Crippen molar-refractivity contribution in [3.8, 4) is 5.75 Å². The van der Waals surface area contributed by atoms with Crippen LogP contribution in [0, 0.1) is 5.82 Å². The second kappa shape index (κ2) is 6.35. The molecule has 0 aromatic heterocycles. The Morgan fingerprint density at radius 2 is 1.92 bits per heavy atom. The number of urea groups is 1. The Hall–Kier alpha value is -3.22. The summed E-state index contributed by atoms with van der Waals surface area (Å²) < 4.78 is 18.3. The molecule has 0 aliphatic carbocycles. The predicted molar refractivity (Wildman–Crippen MR) is 89.7 cm³/mol. The van der Waals surface area contributed by atoms with Crippen LogP contribution in [-0.2, 0) is 10.3 Å². The van der Waals surface area contributed by atoms with Crippen molar-refractivity contribution in [3.05, 3.63) is 65.5 Å². The van der Waals surface area contributed by atoms with Crippen LogP contribution in [0.1, 0.15) is 18.1 Å². The molecule has 1 fully saturated rings. The number of rotatable bonds is 4. The standard InChI is InChI=1S/C18H16FN3O3/c1-18(13-6-8-15(25-2)9-7-13)16(23)22(17(24)21-18)20-11-12-4-3-5-14(19)10-12/h3-11H,1-2H3,(H,21,24)/b20-11-/t18-/m0/s1. The number of carbonyl (C=O) groups excluding carboxylic acids is 2. The average Bonchev–Trinajstić information content (AvgIpc) is 2.83. The minimum atomic E-state index is -1.23. The van der Waals surface area contributed by atoms with Gasteiger partial charge in [-0.3, -0.25) is 4.79 Å². The van der Waals surface area contributed by atoms with Gasteiger partial charge >= 0.3 is 6.03 Å². The molecule has 0 radical (unpaired) electrons. The highest BCUT2D eigenvalue weighted by Gasteiger charge is 2.49. The zero-order valence-corrected chi connectivity index (χ0v) is 13.7. The maximum atomic E-state index is 13.2. The molecule has 0 spiro atoms. The normalized spacial score (nSPS) is 20.2. The fourth-order valence-corrected chi connectivity index (χ4v) is 2.56. The summed E-state index contributed by atoms with van der Waals surface area (Å²) in [5, 5.41) is 7.29. The van der Waals surface area contributed by atoms with Crippen LogP contribution >= 0.6 is 0 Å². The third-order valence-corrected chi connectivity index (χ3v) is 4.01. The molecule has 3 amide bonds. The van der Waals surface area contributed by atoms with Gasteiger partial charge in [0.25, 0.3) is 5.91 Å². The molecule has 128 valence electrons. The van der Waals surface area contributed by atoms with Gasteiger partial charge in [0, 0.05) is 0 Å². The van der Waals surface area contributed by atoms with Crippen molar-refractivity contribution in [2.24, 2.45) is 5.10 Å². The van der Waals surface area contributed by atoms with E-state index in [-0.39, 0.29) is 0 Å². The van der Waals surface area contributed by atoms with E-state index in [9.17, 15) is 14.0 Å². The molecular weight excluding hydrogens is 325 g/mol. The van der Waals surface area contributed by atoms with Crippen LogP contribution in [0.3, 0.4) is 0 Å². The van der Waals surface area contributed by atoms with Crippen LogP contribution in [0.25, 0.3) is 0 Å². The minimum Gasteiger partial charge on any atom is -0.497 e. The lowest BCUT2D eigenvalue weighted by molar-refractivity contribution is -0.131. The Morgan fingerprint density at radius 3 is 2.56 bits per heavy atom. The topological polar surface area (TPSA) is 71.0 Å². The number of nitrogens with one attached hydrogen (secondary N) is 1. The maximum absolute atomic E-state index is 13.2. The number of imide groups is 1. The Bertz CT molecular complexity index is 851. The molecule has 1 atom stereocenters. The molecule has 2 aromatic carbocycles. The lowest BCUT2D eigenvalue weighted by Gasteiger charge is -2.21. The molecule has 0 saturated carbocycles. The largest absolute Gasteiger partial charge is 0.497 e. The molecule has 1 N–H and O–H groups in total. The number of halogens is 1. The third-order valence-electron chi connectivity index (χ3n) is 4.01. The lowest BCUT2D eigenvalue weighted by Crippen LogP contribution is -2.40. The molecule has 1 heterocycles. The zero-order chi connectivity index (χ0) is 18.0. The van der Waals surface area contributed by atoms with Crippen molar-refractivity contribution < 1.29 is 18.7 Å². The summed E-state index contributed by atoms with van der Waals surface area (Å²) in [4.78, 5) is 24.9. The van der Waals surface area contributed by atoms with Gasteiger partial charge in [-0.2, -0.15) is 5.10 Å². The summed E-state index contributed by atoms with van der Waals surface area (Å²) in [6, 6.07) is 11.9. The van der Waals surface area contributed by atoms with E-state index in [4.69, 9.17) is 4.74 Å². The second-order valence-corrected chi connectivity index (χ2v) is 5.70. The fraction of sp³-hybridized carbons (Fsp3) is 0.167. The van der Waals surface area contributed by atoms with Gasteiger partial charge in [-0.25, -0.2) is 9.18 Å². The molecule has 1 aliphatic heterocycles. The number of methoxy groups -OCH3 is 1. The summed E-state index contributed by atoms with van der Waals surface area (Å²) in [6.07, 6.45) is 1.26. The summed E-state index contributed by atoms with van der Waals surface area (Å²) in [7, 11) is 1.54. The second-order valence-electron chi connectivity index (χ2n) is 5.70. The van der Waals surface area contributed by atoms with Gasteiger partial charge in [-0.1, -0.05) is 24.3 Å². The van der Waals surface area contributed by atoms with Gasteiger partial charge in [-0.05, 0) is 42.3 Å². The van der Waals surface area contributed by atoms with Gasteiger partial charge in [0.2, 0.25) is 0 Å². The van der Waals surface area contributed by atoms with E-state index < -0.39 is 23.3 Å². The Balaban J connectivity index is 1.86. The predicted octanol–water partition coefficient (Wildman–Crippen LogP) is 2.64. The summed E-state index contributed by atoms with van der Waals surface area (Å²) in [5.74, 6) is -0.301. The Morgan fingerprint density at radius 1 is 1.20 bits per heavy atom. The van der Waals surface area contributed by atoms with E-state index in [0.29, 0.717) is 16.9 Å². The van der Waals surface area contributed by atoms with Crippen LogP contribution in [0.2, 0.25) is 0 Å². The quantitative estimate of drug-likeness (QED) is 0.686. The van der Waals surface area contributed by atoms with E-state index in [1.807, 2.05) is 0 Å². The number of hydrogen-bond acceptors (Lipinski definition) is 4. The molecule has 3 rings (SSSR count). The first-order chi connectivity index (χ1) is 11.9. The number of ether oxygens (including phenoxy) is 1. The van der Waals surface area contributed by atoms with E-state index in [0.717, 1.165) is 5.01 Å². The molecule has 25 heavy (non-hydrogen) atoms. The summed E-state index contributed by atoms with van der Waals surface area (Å²) in [6.45, 7) is 1.60. The number of nitrogens with zero attached hydrogens (tertiary/aromatic N) is 2. The van der Waals surface area contributed by atoms with Crippen LogP contribution in [0.5, 0.6) is 5.75 Å². The smallest absolute Gasteiger partial charge is 0.346 e. The van der Waals surface area contributed by atoms with Crippen LogP contribution in [0.4, 0.5) is 9.18 Å². The van der Waals surface area contributed by atoms with E-state index >= 15 is 0 Å². The molecule has 0 bridgehead atoms. The van der Waals surface area contributed by atoms with Crippen molar-refractivity contribution >= 4 is 18.2 Å². The number of hydrazone groups is 1. The fourth-order valence-electron chi connectivity index (χ4n) is 2.56. The first-order valence-electron chi connectivity index (χ1n) is 7.55. The van der Waals surface area contributed by atoms with E-state index in [2.05, 4.69) is 10.4 Å². The third kappa shape index (κ3) is 3.08. The first kappa shape index (κ1) is 16.6. The van der Waals surface area contributed by atoms with Gasteiger partial charge in [0.15, 0.2) is 0 Å². The Kier molecular flexibility index (Phi) is 4.22. The van der Waals surface area contributed by atoms with Gasteiger partial charge in [0.1, 0.15) is 17.1 Å². The van der Waals surface area contributed by atoms with Crippen molar-refractivity contribution in [1.82, 2.24) is 10.3 Å². The van der Waals surface area contributed by atoms with Gasteiger partial charge in [0.05, 0.1) is 13.3 Å². The van der Waals surface area contributed by atoms with Crippen molar-refractivity contribution in [1.29, 1.82) is 0 Å². The number of benzene rings is 2. The molecule has 7 heteroatoms.